The third-order valence-electron chi connectivity index (χ3n) is 4.48. The van der Waals surface area contributed by atoms with Gasteiger partial charge in [0, 0.05) is 15.8 Å². The van der Waals surface area contributed by atoms with Gasteiger partial charge < -0.3 is 10.1 Å². The molecule has 0 spiro atoms. The third kappa shape index (κ3) is 5.61. The Morgan fingerprint density at radius 2 is 1.63 bits per heavy atom. The van der Waals surface area contributed by atoms with E-state index in [0.29, 0.717) is 11.4 Å². The molecule has 0 saturated heterocycles. The molecule has 0 atom stereocenters. The van der Waals surface area contributed by atoms with Gasteiger partial charge in [-0.05, 0) is 79.6 Å². The zero-order valence-corrected chi connectivity index (χ0v) is 18.9. The lowest BCUT2D eigenvalue weighted by molar-refractivity contribution is -0.118. The van der Waals surface area contributed by atoms with E-state index >= 15 is 0 Å². The number of ether oxygens (including phenoxy) is 1. The maximum Gasteiger partial charge on any atom is 0.262 e. The van der Waals surface area contributed by atoms with Gasteiger partial charge in [-0.15, -0.1) is 0 Å². The minimum atomic E-state index is -3.72. The first-order chi connectivity index (χ1) is 14.2. The largest absolute Gasteiger partial charge is 0.484 e. The van der Waals surface area contributed by atoms with Gasteiger partial charge in [-0.3, -0.25) is 9.52 Å². The highest BCUT2D eigenvalue weighted by atomic mass is 79.9. The number of carbonyl (C=O) groups is 1. The Balaban J connectivity index is 1.59. The summed E-state index contributed by atoms with van der Waals surface area (Å²) in [5, 5.41) is 2.81. The zero-order chi connectivity index (χ0) is 21.7. The van der Waals surface area contributed by atoms with Crippen LogP contribution in [0.2, 0.25) is 0 Å². The van der Waals surface area contributed by atoms with Gasteiger partial charge in [0.2, 0.25) is 0 Å². The molecule has 2 N–H and O–H groups in total. The molecule has 0 bridgehead atoms. The number of carbonyl (C=O) groups excluding carboxylic acids is 1. The summed E-state index contributed by atoms with van der Waals surface area (Å²) in [6, 6.07) is 18.4. The number of halogens is 1. The Bertz CT molecular complexity index is 1140. The molecule has 30 heavy (non-hydrogen) atoms. The van der Waals surface area contributed by atoms with Crippen LogP contribution >= 0.6 is 15.9 Å². The molecule has 6 nitrogen and oxygen atoms in total. The molecule has 1 amide bonds. The van der Waals surface area contributed by atoms with Crippen molar-refractivity contribution >= 4 is 43.2 Å². The number of hydrogen-bond donors (Lipinski definition) is 2. The molecule has 0 unspecified atom stereocenters. The lowest BCUT2D eigenvalue weighted by atomic mass is 10.1. The van der Waals surface area contributed by atoms with Crippen LogP contribution in [-0.4, -0.2) is 20.9 Å². The molecule has 0 heterocycles. The van der Waals surface area contributed by atoms with E-state index in [2.05, 4.69) is 26.0 Å². The molecule has 0 radical (unpaired) electrons. The topological polar surface area (TPSA) is 84.5 Å². The Hall–Kier alpha value is -2.84. The highest BCUT2D eigenvalue weighted by Gasteiger charge is 2.14. The fourth-order valence-electron chi connectivity index (χ4n) is 2.67. The van der Waals surface area contributed by atoms with Gasteiger partial charge in [0.25, 0.3) is 15.9 Å². The number of anilines is 2. The number of hydrogen-bond acceptors (Lipinski definition) is 4. The molecule has 156 valence electrons. The highest BCUT2D eigenvalue weighted by Crippen LogP contribution is 2.21. The molecule has 0 aliphatic heterocycles. The van der Waals surface area contributed by atoms with Crippen LogP contribution in [0.15, 0.2) is 76.1 Å². The van der Waals surface area contributed by atoms with E-state index < -0.39 is 10.0 Å². The Morgan fingerprint density at radius 3 is 2.30 bits per heavy atom. The Kier molecular flexibility index (Phi) is 6.79. The number of aryl methyl sites for hydroxylation is 1. The monoisotopic (exact) mass is 488 g/mol. The average Bonchev–Trinajstić information content (AvgIpc) is 2.72. The van der Waals surface area contributed by atoms with Crippen LogP contribution < -0.4 is 14.8 Å². The number of nitrogens with one attached hydrogen (secondary N) is 2. The molecular weight excluding hydrogens is 468 g/mol. The van der Waals surface area contributed by atoms with Crippen molar-refractivity contribution in [3.8, 4) is 5.75 Å². The lowest BCUT2D eigenvalue weighted by Gasteiger charge is -2.12. The van der Waals surface area contributed by atoms with Crippen molar-refractivity contribution in [2.45, 2.75) is 18.7 Å². The van der Waals surface area contributed by atoms with Crippen molar-refractivity contribution < 1.29 is 17.9 Å². The number of amides is 1. The van der Waals surface area contributed by atoms with E-state index in [9.17, 15) is 13.2 Å². The predicted octanol–water partition coefficient (Wildman–Crippen LogP) is 4.88. The molecule has 0 aromatic heterocycles. The maximum atomic E-state index is 12.5. The third-order valence-corrected chi connectivity index (χ3v) is 6.40. The molecule has 3 aromatic rings. The van der Waals surface area contributed by atoms with E-state index in [4.69, 9.17) is 4.74 Å². The second-order valence-corrected chi connectivity index (χ2v) is 9.27. The van der Waals surface area contributed by atoms with E-state index in [-0.39, 0.29) is 17.4 Å². The molecule has 0 aliphatic carbocycles. The van der Waals surface area contributed by atoms with Gasteiger partial charge in [-0.2, -0.15) is 0 Å². The molecule has 0 saturated carbocycles. The second kappa shape index (κ2) is 9.32. The molecular formula is C22H21BrN2O4S. The first kappa shape index (κ1) is 21.9. The van der Waals surface area contributed by atoms with E-state index in [1.54, 1.807) is 24.3 Å². The van der Waals surface area contributed by atoms with Gasteiger partial charge in [-0.25, -0.2) is 8.42 Å². The summed E-state index contributed by atoms with van der Waals surface area (Å²) in [4.78, 5) is 12.3. The van der Waals surface area contributed by atoms with Gasteiger partial charge >= 0.3 is 0 Å². The van der Waals surface area contributed by atoms with Gasteiger partial charge in [0.15, 0.2) is 6.61 Å². The average molecular weight is 489 g/mol. The van der Waals surface area contributed by atoms with Crippen LogP contribution in [0.4, 0.5) is 11.4 Å². The van der Waals surface area contributed by atoms with Crippen molar-refractivity contribution in [3.63, 3.8) is 0 Å². The molecule has 0 fully saturated rings. The summed E-state index contributed by atoms with van der Waals surface area (Å²) in [7, 11) is -3.72. The number of sulfonamides is 1. The first-order valence-electron chi connectivity index (χ1n) is 9.12. The maximum absolute atomic E-state index is 12.5. The summed E-state index contributed by atoms with van der Waals surface area (Å²) in [6.07, 6.45) is 0. The van der Waals surface area contributed by atoms with Crippen LogP contribution in [0.3, 0.4) is 0 Å². The molecule has 0 aliphatic rings. The molecule has 3 rings (SSSR count). The summed E-state index contributed by atoms with van der Waals surface area (Å²) in [5.41, 5.74) is 3.28. The summed E-state index contributed by atoms with van der Waals surface area (Å²) in [6.45, 7) is 3.73. The van der Waals surface area contributed by atoms with Crippen molar-refractivity contribution in [1.29, 1.82) is 0 Å². The summed E-state index contributed by atoms with van der Waals surface area (Å²) >= 11 is 3.31. The number of benzene rings is 3. The van der Waals surface area contributed by atoms with Gasteiger partial charge in [-0.1, -0.05) is 28.1 Å². The van der Waals surface area contributed by atoms with E-state index in [1.807, 2.05) is 32.0 Å². The van der Waals surface area contributed by atoms with Crippen molar-refractivity contribution in [3.05, 3.63) is 82.3 Å². The first-order valence-corrected chi connectivity index (χ1v) is 11.4. The number of rotatable bonds is 7. The van der Waals surface area contributed by atoms with Crippen LogP contribution in [0.1, 0.15) is 11.1 Å². The predicted molar refractivity (Wildman–Crippen MR) is 121 cm³/mol. The van der Waals surface area contributed by atoms with Crippen LogP contribution in [-0.2, 0) is 14.8 Å². The zero-order valence-electron chi connectivity index (χ0n) is 16.5. The minimum Gasteiger partial charge on any atom is -0.484 e. The smallest absolute Gasteiger partial charge is 0.262 e. The fourth-order valence-corrected chi connectivity index (χ4v) is 3.99. The SMILES string of the molecule is Cc1cccc(NC(=O)COc2ccc(S(=O)(=O)Nc3ccc(Br)cc3)cc2)c1C. The Labute approximate surface area is 184 Å². The van der Waals surface area contributed by atoms with Crippen LogP contribution in [0.5, 0.6) is 5.75 Å². The van der Waals surface area contributed by atoms with Gasteiger partial charge in [0.1, 0.15) is 5.75 Å². The van der Waals surface area contributed by atoms with Crippen molar-refractivity contribution in [2.75, 3.05) is 16.6 Å². The quantitative estimate of drug-likeness (QED) is 0.495. The minimum absolute atomic E-state index is 0.0950. The Morgan fingerprint density at radius 1 is 0.967 bits per heavy atom. The van der Waals surface area contributed by atoms with Crippen molar-refractivity contribution in [1.82, 2.24) is 0 Å². The van der Waals surface area contributed by atoms with Crippen LogP contribution in [0, 0.1) is 13.8 Å². The normalized spacial score (nSPS) is 11.0. The standard InChI is InChI=1S/C22H21BrN2O4S/c1-15-4-3-5-21(16(15)2)24-22(26)14-29-19-10-12-20(13-11-19)30(27,28)25-18-8-6-17(23)7-9-18/h3-13,25H,14H2,1-2H3,(H,24,26). The fraction of sp³-hybridized carbons (Fsp3) is 0.136. The van der Waals surface area contributed by atoms with E-state index in [1.165, 1.54) is 24.3 Å². The summed E-state index contributed by atoms with van der Waals surface area (Å²) in [5.74, 6) is 0.103. The molecule has 3 aromatic carbocycles. The van der Waals surface area contributed by atoms with Gasteiger partial charge in [0.05, 0.1) is 4.90 Å². The highest BCUT2D eigenvalue weighted by molar-refractivity contribution is 9.10. The summed E-state index contributed by atoms with van der Waals surface area (Å²) < 4.78 is 33.8. The molecule has 8 heteroatoms. The second-order valence-electron chi connectivity index (χ2n) is 6.67. The van der Waals surface area contributed by atoms with E-state index in [0.717, 1.165) is 21.3 Å². The van der Waals surface area contributed by atoms with Crippen molar-refractivity contribution in [2.24, 2.45) is 0 Å². The van der Waals surface area contributed by atoms with Crippen LogP contribution in [0.25, 0.3) is 0 Å². The lowest BCUT2D eigenvalue weighted by Crippen LogP contribution is -2.20.